The van der Waals surface area contributed by atoms with E-state index in [4.69, 9.17) is 5.73 Å². The molecule has 0 aliphatic heterocycles. The van der Waals surface area contributed by atoms with Crippen molar-refractivity contribution in [3.63, 3.8) is 0 Å². The molecule has 0 bridgehead atoms. The van der Waals surface area contributed by atoms with Crippen molar-refractivity contribution in [2.24, 2.45) is 10.2 Å². The molecule has 3 aromatic carbocycles. The number of aromatic nitrogens is 2. The van der Waals surface area contributed by atoms with Crippen molar-refractivity contribution in [3.8, 4) is 16.9 Å². The number of nitrogens with zero attached hydrogens (tertiary/aromatic N) is 4. The molecular formula is C23H19N5O2. The molecule has 0 aliphatic carbocycles. The van der Waals surface area contributed by atoms with E-state index >= 15 is 0 Å². The van der Waals surface area contributed by atoms with Crippen molar-refractivity contribution >= 4 is 23.2 Å². The monoisotopic (exact) mass is 397 g/mol. The lowest BCUT2D eigenvalue weighted by molar-refractivity contribution is 0.0697. The zero-order chi connectivity index (χ0) is 21.1. The Morgan fingerprint density at radius 2 is 1.60 bits per heavy atom. The van der Waals surface area contributed by atoms with Gasteiger partial charge in [0.1, 0.15) is 11.4 Å². The quantitative estimate of drug-likeness (QED) is 0.431. The van der Waals surface area contributed by atoms with Crippen molar-refractivity contribution in [2.75, 3.05) is 5.73 Å². The van der Waals surface area contributed by atoms with Crippen LogP contribution in [0.5, 0.6) is 0 Å². The van der Waals surface area contributed by atoms with Crippen LogP contribution in [0.15, 0.2) is 89.1 Å². The first-order valence-corrected chi connectivity index (χ1v) is 9.29. The lowest BCUT2D eigenvalue weighted by Crippen LogP contribution is -2.01. The molecule has 1 heterocycles. The van der Waals surface area contributed by atoms with Gasteiger partial charge < -0.3 is 10.8 Å². The highest BCUT2D eigenvalue weighted by Crippen LogP contribution is 2.37. The van der Waals surface area contributed by atoms with E-state index in [-0.39, 0.29) is 11.3 Å². The van der Waals surface area contributed by atoms with Crippen LogP contribution in [0.25, 0.3) is 16.9 Å². The SMILES string of the molecule is Cc1ccc(-c2nn(-c3ccccc3)c(N)c2N=Nc2ccccc2C(=O)O)cc1. The van der Waals surface area contributed by atoms with E-state index in [1.165, 1.54) is 6.07 Å². The van der Waals surface area contributed by atoms with Crippen LogP contribution >= 0.6 is 0 Å². The Morgan fingerprint density at radius 1 is 0.933 bits per heavy atom. The van der Waals surface area contributed by atoms with Crippen molar-refractivity contribution in [3.05, 3.63) is 90.0 Å². The average molecular weight is 397 g/mol. The van der Waals surface area contributed by atoms with Crippen LogP contribution < -0.4 is 5.73 Å². The molecular weight excluding hydrogens is 378 g/mol. The molecule has 0 amide bonds. The summed E-state index contributed by atoms with van der Waals surface area (Å²) in [4.78, 5) is 11.5. The van der Waals surface area contributed by atoms with Crippen LogP contribution in [0.2, 0.25) is 0 Å². The van der Waals surface area contributed by atoms with Gasteiger partial charge in [0.05, 0.1) is 11.3 Å². The Kier molecular flexibility index (Phi) is 5.09. The third-order valence-corrected chi connectivity index (χ3v) is 4.61. The smallest absolute Gasteiger partial charge is 0.337 e. The molecule has 148 valence electrons. The highest BCUT2D eigenvalue weighted by Gasteiger charge is 2.19. The van der Waals surface area contributed by atoms with E-state index in [0.717, 1.165) is 16.8 Å². The first-order valence-electron chi connectivity index (χ1n) is 9.29. The Balaban J connectivity index is 1.87. The maximum Gasteiger partial charge on any atom is 0.337 e. The highest BCUT2D eigenvalue weighted by atomic mass is 16.4. The van der Waals surface area contributed by atoms with E-state index < -0.39 is 5.97 Å². The van der Waals surface area contributed by atoms with Crippen LogP contribution in [0.3, 0.4) is 0 Å². The first kappa shape index (κ1) is 19.1. The third-order valence-electron chi connectivity index (χ3n) is 4.61. The second-order valence-electron chi connectivity index (χ2n) is 6.72. The third kappa shape index (κ3) is 3.68. The van der Waals surface area contributed by atoms with Gasteiger partial charge in [-0.05, 0) is 31.2 Å². The summed E-state index contributed by atoms with van der Waals surface area (Å²) < 4.78 is 1.60. The van der Waals surface area contributed by atoms with Crippen molar-refractivity contribution in [1.29, 1.82) is 0 Å². The normalized spacial score (nSPS) is 11.1. The number of hydrogen-bond acceptors (Lipinski definition) is 5. The molecule has 4 aromatic rings. The number of hydrogen-bond donors (Lipinski definition) is 2. The zero-order valence-corrected chi connectivity index (χ0v) is 16.2. The molecule has 1 aromatic heterocycles. The van der Waals surface area contributed by atoms with E-state index in [2.05, 4.69) is 15.3 Å². The predicted octanol–water partition coefficient (Wildman–Crippen LogP) is 5.54. The minimum atomic E-state index is -1.07. The Hall–Kier alpha value is -4.26. The Morgan fingerprint density at radius 3 is 2.30 bits per heavy atom. The number of para-hydroxylation sites is 1. The molecule has 30 heavy (non-hydrogen) atoms. The summed E-state index contributed by atoms with van der Waals surface area (Å²) in [6, 6.07) is 23.7. The van der Waals surface area contributed by atoms with Gasteiger partial charge in [0.25, 0.3) is 0 Å². The lowest BCUT2D eigenvalue weighted by Gasteiger charge is -2.02. The molecule has 0 saturated carbocycles. The summed E-state index contributed by atoms with van der Waals surface area (Å²) in [6.45, 7) is 2.00. The molecule has 7 nitrogen and oxygen atoms in total. The van der Waals surface area contributed by atoms with E-state index in [1.54, 1.807) is 22.9 Å². The summed E-state index contributed by atoms with van der Waals surface area (Å²) in [5.74, 6) is -0.760. The highest BCUT2D eigenvalue weighted by molar-refractivity contribution is 5.93. The van der Waals surface area contributed by atoms with Crippen LogP contribution in [0.1, 0.15) is 15.9 Å². The molecule has 0 atom stereocenters. The fourth-order valence-corrected chi connectivity index (χ4v) is 3.04. The standard InChI is InChI=1S/C23H19N5O2/c1-15-11-13-16(14-12-15)20-21(22(24)28(27-20)17-7-3-2-4-8-17)26-25-19-10-6-5-9-18(19)23(29)30/h2-14H,24H2,1H3,(H,29,30). The van der Waals surface area contributed by atoms with E-state index in [1.807, 2.05) is 61.5 Å². The van der Waals surface area contributed by atoms with Gasteiger partial charge in [-0.2, -0.15) is 5.10 Å². The van der Waals surface area contributed by atoms with Gasteiger partial charge >= 0.3 is 5.97 Å². The van der Waals surface area contributed by atoms with E-state index in [0.29, 0.717) is 17.2 Å². The summed E-state index contributed by atoms with van der Waals surface area (Å²) >= 11 is 0. The molecule has 0 spiro atoms. The summed E-state index contributed by atoms with van der Waals surface area (Å²) in [5.41, 5.74) is 10.4. The average Bonchev–Trinajstić information content (AvgIpc) is 3.09. The topological polar surface area (TPSA) is 106 Å². The number of benzene rings is 3. The summed E-state index contributed by atoms with van der Waals surface area (Å²) in [7, 11) is 0. The fraction of sp³-hybridized carbons (Fsp3) is 0.0435. The number of aromatic carboxylic acids is 1. The van der Waals surface area contributed by atoms with Crippen LogP contribution in [-0.2, 0) is 0 Å². The maximum absolute atomic E-state index is 11.5. The number of nitrogens with two attached hydrogens (primary N) is 1. The Bertz CT molecular complexity index is 1230. The molecule has 4 rings (SSSR count). The number of anilines is 1. The molecule has 0 fully saturated rings. The van der Waals surface area contributed by atoms with Gasteiger partial charge in [0.2, 0.25) is 0 Å². The molecule has 0 saturated heterocycles. The number of carbonyl (C=O) groups is 1. The summed E-state index contributed by atoms with van der Waals surface area (Å²) in [6.07, 6.45) is 0. The lowest BCUT2D eigenvalue weighted by atomic mass is 10.1. The summed E-state index contributed by atoms with van der Waals surface area (Å²) in [5, 5.41) is 22.6. The van der Waals surface area contributed by atoms with Gasteiger partial charge in [0, 0.05) is 5.56 Å². The second-order valence-corrected chi connectivity index (χ2v) is 6.72. The second kappa shape index (κ2) is 8.00. The van der Waals surface area contributed by atoms with Crippen molar-refractivity contribution < 1.29 is 9.90 Å². The number of carboxylic acids is 1. The molecule has 0 radical (unpaired) electrons. The van der Waals surface area contributed by atoms with Gasteiger partial charge in [-0.15, -0.1) is 10.2 Å². The van der Waals surface area contributed by atoms with E-state index in [9.17, 15) is 9.90 Å². The van der Waals surface area contributed by atoms with Gasteiger partial charge in [-0.25, -0.2) is 9.48 Å². The molecule has 0 unspecified atom stereocenters. The minimum Gasteiger partial charge on any atom is -0.478 e. The molecule has 0 aliphatic rings. The number of aryl methyl sites for hydroxylation is 1. The van der Waals surface area contributed by atoms with Gasteiger partial charge in [0.15, 0.2) is 11.5 Å². The molecule has 3 N–H and O–H groups in total. The van der Waals surface area contributed by atoms with Gasteiger partial charge in [-0.1, -0.05) is 60.2 Å². The first-order chi connectivity index (χ1) is 14.5. The van der Waals surface area contributed by atoms with Crippen molar-refractivity contribution in [1.82, 2.24) is 9.78 Å². The molecule has 7 heteroatoms. The van der Waals surface area contributed by atoms with Gasteiger partial charge in [-0.3, -0.25) is 0 Å². The van der Waals surface area contributed by atoms with Crippen molar-refractivity contribution in [2.45, 2.75) is 6.92 Å². The number of rotatable bonds is 5. The number of nitrogen functional groups attached to an aromatic ring is 1. The number of carboxylic acid groups (broad SMARTS) is 1. The number of azo groups is 1. The maximum atomic E-state index is 11.5. The van der Waals surface area contributed by atoms with Crippen LogP contribution in [0, 0.1) is 6.92 Å². The minimum absolute atomic E-state index is 0.0622. The zero-order valence-electron chi connectivity index (χ0n) is 16.2. The largest absolute Gasteiger partial charge is 0.478 e. The predicted molar refractivity (Wildman–Crippen MR) is 116 cm³/mol. The van der Waals surface area contributed by atoms with Crippen LogP contribution in [0.4, 0.5) is 17.2 Å². The Labute approximate surface area is 173 Å². The van der Waals surface area contributed by atoms with Crippen LogP contribution in [-0.4, -0.2) is 20.9 Å². The fourth-order valence-electron chi connectivity index (χ4n) is 3.04.